The fraction of sp³-hybridized carbons (Fsp3) is 0.312. The molecule has 1 amide bonds. The van der Waals surface area contributed by atoms with E-state index in [9.17, 15) is 9.59 Å². The second-order valence-corrected chi connectivity index (χ2v) is 5.02. The van der Waals surface area contributed by atoms with E-state index in [0.717, 1.165) is 16.5 Å². The molecule has 0 saturated carbocycles. The second-order valence-electron chi connectivity index (χ2n) is 5.02. The fourth-order valence-electron chi connectivity index (χ4n) is 2.07. The van der Waals surface area contributed by atoms with Crippen LogP contribution in [0.25, 0.3) is 10.9 Å². The third-order valence-corrected chi connectivity index (χ3v) is 3.18. The molecule has 0 atom stereocenters. The molecule has 0 aliphatic heterocycles. The molecule has 21 heavy (non-hydrogen) atoms. The lowest BCUT2D eigenvalue weighted by Gasteiger charge is -2.08. The van der Waals surface area contributed by atoms with Crippen LogP contribution in [0.3, 0.4) is 0 Å². The van der Waals surface area contributed by atoms with Gasteiger partial charge in [0.05, 0.1) is 23.4 Å². The molecule has 2 aromatic rings. The van der Waals surface area contributed by atoms with Crippen LogP contribution in [-0.4, -0.2) is 23.5 Å². The summed E-state index contributed by atoms with van der Waals surface area (Å²) in [5, 5.41) is 0.898. The van der Waals surface area contributed by atoms with Gasteiger partial charge >= 0.3 is 5.97 Å². The van der Waals surface area contributed by atoms with Crippen LogP contribution in [0, 0.1) is 13.8 Å². The van der Waals surface area contributed by atoms with Gasteiger partial charge in [0.15, 0.2) is 0 Å². The van der Waals surface area contributed by atoms with E-state index < -0.39 is 11.9 Å². The second kappa shape index (κ2) is 6.35. The molecule has 1 aromatic heterocycles. The van der Waals surface area contributed by atoms with E-state index in [2.05, 4.69) is 4.98 Å². The van der Waals surface area contributed by atoms with E-state index in [-0.39, 0.29) is 13.0 Å². The topological polar surface area (TPSA) is 82.3 Å². The van der Waals surface area contributed by atoms with E-state index in [1.807, 2.05) is 25.1 Å². The largest absolute Gasteiger partial charge is 0.462 e. The van der Waals surface area contributed by atoms with Crippen LogP contribution in [0.2, 0.25) is 0 Å². The lowest BCUT2D eigenvalue weighted by molar-refractivity contribution is -0.118. The highest BCUT2D eigenvalue weighted by molar-refractivity contribution is 5.95. The Morgan fingerprint density at radius 3 is 2.71 bits per heavy atom. The first-order valence-electron chi connectivity index (χ1n) is 6.81. The monoisotopic (exact) mass is 286 g/mol. The summed E-state index contributed by atoms with van der Waals surface area (Å²) >= 11 is 0. The maximum absolute atomic E-state index is 12.0. The number of hydrogen-bond donors (Lipinski definition) is 1. The quantitative estimate of drug-likeness (QED) is 0.675. The summed E-state index contributed by atoms with van der Waals surface area (Å²) in [7, 11) is 0. The maximum atomic E-state index is 12.0. The van der Waals surface area contributed by atoms with Gasteiger partial charge < -0.3 is 10.5 Å². The SMILES string of the molecule is Cc1ccc2cc(C(=O)OCCCC(N)=O)c(C)nc2c1. The molecule has 5 heteroatoms. The number of benzene rings is 1. The first-order valence-corrected chi connectivity index (χ1v) is 6.81. The van der Waals surface area contributed by atoms with Crippen molar-refractivity contribution < 1.29 is 14.3 Å². The highest BCUT2D eigenvalue weighted by atomic mass is 16.5. The van der Waals surface area contributed by atoms with Crippen LogP contribution in [0.5, 0.6) is 0 Å². The van der Waals surface area contributed by atoms with Crippen molar-refractivity contribution in [2.45, 2.75) is 26.7 Å². The molecule has 0 aliphatic rings. The number of amides is 1. The Balaban J connectivity index is 2.13. The van der Waals surface area contributed by atoms with Crippen molar-refractivity contribution in [3.63, 3.8) is 0 Å². The number of rotatable bonds is 5. The zero-order valence-electron chi connectivity index (χ0n) is 12.2. The van der Waals surface area contributed by atoms with Gasteiger partial charge in [-0.2, -0.15) is 0 Å². The first kappa shape index (κ1) is 15.0. The number of carbonyl (C=O) groups is 2. The summed E-state index contributed by atoms with van der Waals surface area (Å²) in [6.45, 7) is 3.95. The summed E-state index contributed by atoms with van der Waals surface area (Å²) < 4.78 is 5.15. The van der Waals surface area contributed by atoms with Crippen LogP contribution in [0.1, 0.15) is 34.5 Å². The van der Waals surface area contributed by atoms with Gasteiger partial charge in [-0.3, -0.25) is 9.78 Å². The zero-order valence-corrected chi connectivity index (χ0v) is 12.2. The molecule has 1 heterocycles. The van der Waals surface area contributed by atoms with E-state index in [4.69, 9.17) is 10.5 Å². The minimum absolute atomic E-state index is 0.174. The molecule has 2 rings (SSSR count). The Morgan fingerprint density at radius 2 is 2.00 bits per heavy atom. The van der Waals surface area contributed by atoms with Crippen LogP contribution >= 0.6 is 0 Å². The number of carbonyl (C=O) groups excluding carboxylic acids is 2. The number of esters is 1. The van der Waals surface area contributed by atoms with Crippen molar-refractivity contribution in [1.82, 2.24) is 4.98 Å². The fourth-order valence-corrected chi connectivity index (χ4v) is 2.07. The average molecular weight is 286 g/mol. The van der Waals surface area contributed by atoms with Crippen LogP contribution in [0.4, 0.5) is 0 Å². The first-order chi connectivity index (χ1) is 9.97. The molecular weight excluding hydrogens is 268 g/mol. The Kier molecular flexibility index (Phi) is 4.52. The summed E-state index contributed by atoms with van der Waals surface area (Å²) in [5.74, 6) is -0.822. The molecule has 110 valence electrons. The Labute approximate surface area is 123 Å². The number of nitrogens with two attached hydrogens (primary N) is 1. The predicted octanol–water partition coefficient (Wildman–Crippen LogP) is 2.27. The number of fused-ring (bicyclic) bond motifs is 1. The normalized spacial score (nSPS) is 10.6. The van der Waals surface area contributed by atoms with Crippen molar-refractivity contribution in [3.05, 3.63) is 41.1 Å². The van der Waals surface area contributed by atoms with Gasteiger partial charge in [-0.1, -0.05) is 12.1 Å². The number of ether oxygens (including phenoxy) is 1. The Morgan fingerprint density at radius 1 is 1.24 bits per heavy atom. The van der Waals surface area contributed by atoms with E-state index >= 15 is 0 Å². The third-order valence-electron chi connectivity index (χ3n) is 3.18. The van der Waals surface area contributed by atoms with Gasteiger partial charge in [0.2, 0.25) is 5.91 Å². The van der Waals surface area contributed by atoms with Crippen LogP contribution < -0.4 is 5.73 Å². The minimum Gasteiger partial charge on any atom is -0.462 e. The van der Waals surface area contributed by atoms with Gasteiger partial charge in [0, 0.05) is 11.8 Å². The number of primary amides is 1. The molecular formula is C16H18N2O3. The molecule has 5 nitrogen and oxygen atoms in total. The number of hydrogen-bond acceptors (Lipinski definition) is 4. The standard InChI is InChI=1S/C16H18N2O3/c1-10-5-6-12-9-13(11(2)18-14(12)8-10)16(20)21-7-3-4-15(17)19/h5-6,8-9H,3-4,7H2,1-2H3,(H2,17,19). The summed E-state index contributed by atoms with van der Waals surface area (Å²) in [6.07, 6.45) is 0.641. The van der Waals surface area contributed by atoms with Gasteiger partial charge in [0.1, 0.15) is 0 Å². The van der Waals surface area contributed by atoms with Crippen molar-refractivity contribution in [2.24, 2.45) is 5.73 Å². The average Bonchev–Trinajstić information content (AvgIpc) is 2.42. The summed E-state index contributed by atoms with van der Waals surface area (Å²) in [5.41, 5.74) is 8.09. The highest BCUT2D eigenvalue weighted by Gasteiger charge is 2.13. The maximum Gasteiger partial charge on any atom is 0.339 e. The number of aromatic nitrogens is 1. The lowest BCUT2D eigenvalue weighted by atomic mass is 10.1. The van der Waals surface area contributed by atoms with E-state index in [0.29, 0.717) is 17.7 Å². The van der Waals surface area contributed by atoms with Crippen LogP contribution in [0.15, 0.2) is 24.3 Å². The van der Waals surface area contributed by atoms with Crippen molar-refractivity contribution >= 4 is 22.8 Å². The van der Waals surface area contributed by atoms with E-state index in [1.165, 1.54) is 0 Å². The molecule has 2 N–H and O–H groups in total. The van der Waals surface area contributed by atoms with Gasteiger partial charge in [-0.25, -0.2) is 4.79 Å². The Hall–Kier alpha value is -2.43. The van der Waals surface area contributed by atoms with Crippen molar-refractivity contribution in [1.29, 1.82) is 0 Å². The predicted molar refractivity (Wildman–Crippen MR) is 79.9 cm³/mol. The molecule has 0 aliphatic carbocycles. The zero-order chi connectivity index (χ0) is 15.4. The highest BCUT2D eigenvalue weighted by Crippen LogP contribution is 2.18. The molecule has 0 spiro atoms. The minimum atomic E-state index is -0.424. The molecule has 0 bridgehead atoms. The number of aryl methyl sites for hydroxylation is 2. The lowest BCUT2D eigenvalue weighted by Crippen LogP contribution is -2.13. The van der Waals surface area contributed by atoms with Gasteiger partial charge in [-0.15, -0.1) is 0 Å². The van der Waals surface area contributed by atoms with Gasteiger partial charge in [0.25, 0.3) is 0 Å². The summed E-state index contributed by atoms with van der Waals surface area (Å²) in [4.78, 5) is 27.1. The van der Waals surface area contributed by atoms with Crippen molar-refractivity contribution in [2.75, 3.05) is 6.61 Å². The number of pyridine rings is 1. The number of nitrogens with zero attached hydrogens (tertiary/aromatic N) is 1. The smallest absolute Gasteiger partial charge is 0.339 e. The summed E-state index contributed by atoms with van der Waals surface area (Å²) in [6, 6.07) is 7.67. The van der Waals surface area contributed by atoms with Crippen molar-refractivity contribution in [3.8, 4) is 0 Å². The van der Waals surface area contributed by atoms with E-state index in [1.54, 1.807) is 13.0 Å². The molecule has 0 unspecified atom stereocenters. The molecule has 1 aromatic carbocycles. The molecule has 0 radical (unpaired) electrons. The van der Waals surface area contributed by atoms with Gasteiger partial charge in [-0.05, 0) is 38.0 Å². The third kappa shape index (κ3) is 3.78. The van der Waals surface area contributed by atoms with Crippen LogP contribution in [-0.2, 0) is 9.53 Å². The Bertz CT molecular complexity index is 695. The molecule has 0 fully saturated rings. The molecule has 0 saturated heterocycles.